The van der Waals surface area contributed by atoms with E-state index < -0.39 is 65.5 Å². The van der Waals surface area contributed by atoms with Crippen LogP contribution in [0.4, 0.5) is 0 Å². The number of ketones is 1. The van der Waals surface area contributed by atoms with Crippen LogP contribution in [0.5, 0.6) is 5.75 Å². The Morgan fingerprint density at radius 2 is 1.63 bits per heavy atom. The van der Waals surface area contributed by atoms with E-state index in [4.69, 9.17) is 10.5 Å². The van der Waals surface area contributed by atoms with Gasteiger partial charge >= 0.3 is 5.97 Å². The highest BCUT2D eigenvalue weighted by molar-refractivity contribution is 5.95. The molecule has 0 spiro atoms. The van der Waals surface area contributed by atoms with Crippen molar-refractivity contribution in [3.8, 4) is 5.75 Å². The van der Waals surface area contributed by atoms with Crippen molar-refractivity contribution in [3.63, 3.8) is 0 Å². The van der Waals surface area contributed by atoms with Gasteiger partial charge in [-0.2, -0.15) is 0 Å². The number of aromatic carboxylic acids is 1. The Morgan fingerprint density at radius 1 is 0.932 bits per heavy atom. The number of aliphatic hydroxyl groups is 1. The van der Waals surface area contributed by atoms with Crippen molar-refractivity contribution in [3.05, 3.63) is 83.4 Å². The van der Waals surface area contributed by atoms with Crippen LogP contribution in [-0.4, -0.2) is 103 Å². The van der Waals surface area contributed by atoms with Crippen LogP contribution >= 0.6 is 12.4 Å². The van der Waals surface area contributed by atoms with Crippen LogP contribution in [0.1, 0.15) is 91.9 Å². The van der Waals surface area contributed by atoms with Crippen LogP contribution in [0, 0.1) is 17.8 Å². The second kappa shape index (κ2) is 24.9. The molecule has 1 aromatic heterocycles. The number of nitrogens with two attached hydrogens (primary N) is 1. The Morgan fingerprint density at radius 3 is 2.25 bits per heavy atom. The van der Waals surface area contributed by atoms with Gasteiger partial charge in [0.1, 0.15) is 17.8 Å². The molecule has 328 valence electrons. The number of amides is 3. The van der Waals surface area contributed by atoms with Gasteiger partial charge in [-0.25, -0.2) is 9.78 Å². The quantitative estimate of drug-likeness (QED) is 0.0897. The van der Waals surface area contributed by atoms with Gasteiger partial charge < -0.3 is 58.0 Å². The number of carbonyl (C=O) groups is 5. The molecule has 6 atom stereocenters. The maximum Gasteiger partial charge on any atom is 0.335 e. The van der Waals surface area contributed by atoms with Crippen molar-refractivity contribution in [2.24, 2.45) is 23.5 Å². The summed E-state index contributed by atoms with van der Waals surface area (Å²) >= 11 is 0. The number of fused-ring (bicyclic) bond motifs is 1. The monoisotopic (exact) mass is 848 g/mol. The third-order valence-corrected chi connectivity index (χ3v) is 10.6. The minimum atomic E-state index is -1.51. The van der Waals surface area contributed by atoms with Gasteiger partial charge in [-0.3, -0.25) is 19.2 Å². The lowest BCUT2D eigenvalue weighted by molar-refractivity contribution is -0.136. The summed E-state index contributed by atoms with van der Waals surface area (Å²) < 4.78 is 5.72. The first kappa shape index (κ1) is 52.1. The van der Waals surface area contributed by atoms with E-state index in [9.17, 15) is 34.2 Å². The van der Waals surface area contributed by atoms with Crippen LogP contribution in [0.15, 0.2) is 61.1 Å². The van der Waals surface area contributed by atoms with Crippen LogP contribution in [0.2, 0.25) is 0 Å². The summed E-state index contributed by atoms with van der Waals surface area (Å²) in [5.41, 5.74) is 8.34. The number of carboxylic acid groups (broad SMARTS) is 1. The number of imidazole rings is 1. The first-order chi connectivity index (χ1) is 26.4. The van der Waals surface area contributed by atoms with E-state index in [0.717, 1.165) is 37.7 Å². The summed E-state index contributed by atoms with van der Waals surface area (Å²) in [6, 6.07) is 10.0. The molecule has 59 heavy (non-hydrogen) atoms. The summed E-state index contributed by atoms with van der Waals surface area (Å²) in [7, 11) is 0. The topological polar surface area (TPSA) is 320 Å². The lowest BCUT2D eigenvalue weighted by Crippen LogP contribution is -2.58. The zero-order valence-corrected chi connectivity index (χ0v) is 34.3. The Hall–Kier alpha value is -4.91. The second-order valence-electron chi connectivity index (χ2n) is 15.3. The minimum absolute atomic E-state index is 0. The van der Waals surface area contributed by atoms with Gasteiger partial charge in [0.05, 0.1) is 30.6 Å². The molecule has 3 aromatic rings. The summed E-state index contributed by atoms with van der Waals surface area (Å²) in [6.45, 7) is 4.40. The average Bonchev–Trinajstić information content (AvgIpc) is 3.85. The molecule has 0 saturated heterocycles. The summed E-state index contributed by atoms with van der Waals surface area (Å²) in [4.78, 5) is 74.4. The zero-order chi connectivity index (χ0) is 39.5. The van der Waals surface area contributed by atoms with Crippen molar-refractivity contribution < 1.29 is 55.4 Å². The van der Waals surface area contributed by atoms with E-state index >= 15 is 0 Å². The van der Waals surface area contributed by atoms with E-state index in [0.29, 0.717) is 30.0 Å². The number of rotatable bonds is 19. The Bertz CT molecular complexity index is 1780. The van der Waals surface area contributed by atoms with Crippen molar-refractivity contribution in [2.75, 3.05) is 13.2 Å². The predicted molar refractivity (Wildman–Crippen MR) is 222 cm³/mol. The van der Waals surface area contributed by atoms with Gasteiger partial charge in [-0.05, 0) is 42.0 Å². The van der Waals surface area contributed by atoms with Gasteiger partial charge in [0.25, 0.3) is 0 Å². The molecule has 2 heterocycles. The number of nitrogens with zero attached hydrogens (tertiary/aromatic N) is 1. The van der Waals surface area contributed by atoms with E-state index in [-0.39, 0.29) is 72.1 Å². The Balaban J connectivity index is 0.00000435. The van der Waals surface area contributed by atoms with Crippen LogP contribution in [-0.2, 0) is 32.0 Å². The van der Waals surface area contributed by atoms with Crippen molar-refractivity contribution in [1.82, 2.24) is 25.9 Å². The average molecular weight is 849 g/mol. The number of halogens is 1. The number of aliphatic hydroxyl groups excluding tert-OH is 1. The molecule has 0 bridgehead atoms. The number of aromatic nitrogens is 2. The third kappa shape index (κ3) is 14.7. The zero-order valence-electron chi connectivity index (χ0n) is 33.4. The lowest BCUT2D eigenvalue weighted by Gasteiger charge is -2.33. The summed E-state index contributed by atoms with van der Waals surface area (Å²) in [5.74, 6) is -3.90. The molecule has 14 N–H and O–H groups in total. The first-order valence-electron chi connectivity index (χ1n) is 19.3. The molecule has 2 aromatic carbocycles. The van der Waals surface area contributed by atoms with E-state index in [1.54, 1.807) is 12.3 Å². The van der Waals surface area contributed by atoms with E-state index in [2.05, 4.69) is 25.9 Å². The number of hydrogen-bond donors (Lipinski definition) is 7. The maximum atomic E-state index is 14.7. The normalized spacial score (nSPS) is 17.0. The van der Waals surface area contributed by atoms with E-state index in [1.807, 2.05) is 44.2 Å². The van der Waals surface area contributed by atoms with Gasteiger partial charge in [0.2, 0.25) is 17.7 Å². The fourth-order valence-corrected chi connectivity index (χ4v) is 7.52. The van der Waals surface area contributed by atoms with E-state index in [1.165, 1.54) is 18.5 Å². The number of Topliss-reactive ketones (excluding diaryl/α,β-unsaturated/α-hetero) is 1. The number of carboxylic acids is 1. The number of H-pyrrole nitrogens is 1. The molecular weight excluding hydrogens is 788 g/mol. The van der Waals surface area contributed by atoms with Gasteiger partial charge in [-0.1, -0.05) is 76.3 Å². The van der Waals surface area contributed by atoms with Crippen LogP contribution in [0.25, 0.3) is 0 Å². The molecule has 1 saturated carbocycles. The minimum Gasteiger partial charge on any atom is -0.493 e. The number of hydrogen-bond acceptors (Lipinski definition) is 9. The van der Waals surface area contributed by atoms with Crippen LogP contribution in [0.3, 0.4) is 0 Å². The van der Waals surface area contributed by atoms with Crippen molar-refractivity contribution in [1.29, 1.82) is 0 Å². The molecule has 17 nitrogen and oxygen atoms in total. The standard InChI is InChI=1S/C41H54N6O8.ClH.3H2O/c1-24(2)20-44-40(52)36(42)38(50)31(15-25-9-5-3-6-10-25)37(49)32(19-29-21-43-23-45-29)47-39(51)33(16-26-11-7-4-8-12-26)46-35(48)18-28-22-55-34-14-13-27(41(53)54)17-30(28)34;;;;/h4,7-8,11-14,17,21,23-25,28,31-33,36,38,50H,3,5-6,9-10,15-16,18-20,22,42H2,1-2H3,(H,43,45)(H,44,52)(H,46,48)(H,47,51)(H,53,54);1H;3*1H2/t28?,31-,32+,33+,36?,38+;;;;/m1..../s1. The van der Waals surface area contributed by atoms with Crippen molar-refractivity contribution in [2.45, 2.75) is 102 Å². The fraction of sp³-hybridized carbons (Fsp3) is 0.512. The molecule has 18 heteroatoms. The fourth-order valence-electron chi connectivity index (χ4n) is 7.52. The summed E-state index contributed by atoms with van der Waals surface area (Å²) in [6.07, 6.45) is 6.69. The predicted octanol–water partition coefficient (Wildman–Crippen LogP) is 0.993. The SMILES string of the molecule is CC(C)CNC(=O)C(N)[C@@H](O)[C@H](CC1CCCCC1)C(=O)[C@H](Cc1cnc[nH]1)NC(=O)[C@H](Cc1ccccc1)NC(=O)CC1COc2ccc(C(=O)O)cc21.Cl.O.O.O. The summed E-state index contributed by atoms with van der Waals surface area (Å²) in [5, 5.41) is 29.7. The highest BCUT2D eigenvalue weighted by Gasteiger charge is 2.40. The second-order valence-corrected chi connectivity index (χ2v) is 15.3. The lowest BCUT2D eigenvalue weighted by atomic mass is 9.76. The number of aromatic amines is 1. The van der Waals surface area contributed by atoms with Crippen molar-refractivity contribution >= 4 is 41.9 Å². The molecule has 2 unspecified atom stereocenters. The van der Waals surface area contributed by atoms with Gasteiger partial charge in [-0.15, -0.1) is 12.4 Å². The number of nitrogens with one attached hydrogen (secondary N) is 4. The Kier molecular flexibility index (Phi) is 22.0. The molecule has 3 amide bonds. The third-order valence-electron chi connectivity index (χ3n) is 10.6. The molecule has 0 radical (unpaired) electrons. The molecular formula is C41H61ClN6O11. The number of carbonyl (C=O) groups excluding carboxylic acids is 4. The Labute approximate surface area is 350 Å². The molecule has 1 fully saturated rings. The van der Waals surface area contributed by atoms with Gasteiger partial charge in [0.15, 0.2) is 5.78 Å². The highest BCUT2D eigenvalue weighted by atomic mass is 35.5. The molecule has 1 aliphatic heterocycles. The first-order valence-corrected chi connectivity index (χ1v) is 19.3. The maximum absolute atomic E-state index is 14.7. The number of ether oxygens (including phenoxy) is 1. The highest BCUT2D eigenvalue weighted by Crippen LogP contribution is 2.37. The molecule has 5 rings (SSSR count). The molecule has 2 aliphatic rings. The smallest absolute Gasteiger partial charge is 0.335 e. The number of benzene rings is 2. The van der Waals surface area contributed by atoms with Gasteiger partial charge in [0, 0.05) is 55.1 Å². The van der Waals surface area contributed by atoms with Crippen LogP contribution < -0.4 is 26.4 Å². The molecule has 1 aliphatic carbocycles. The largest absolute Gasteiger partial charge is 0.493 e.